The summed E-state index contributed by atoms with van der Waals surface area (Å²) < 4.78 is 39.3. The number of imidazole rings is 1. The van der Waals surface area contributed by atoms with E-state index in [4.69, 9.17) is 5.73 Å². The van der Waals surface area contributed by atoms with Crippen molar-refractivity contribution in [3.63, 3.8) is 0 Å². The third-order valence-corrected chi connectivity index (χ3v) is 4.76. The molecule has 1 aliphatic rings. The van der Waals surface area contributed by atoms with E-state index in [2.05, 4.69) is 9.88 Å². The number of piperidine rings is 1. The number of nitrogens with zero attached hydrogens (tertiary/aromatic N) is 3. The van der Waals surface area contributed by atoms with Gasteiger partial charge in [0.15, 0.2) is 0 Å². The van der Waals surface area contributed by atoms with E-state index in [1.54, 1.807) is 12.3 Å². The topological polar surface area (TPSA) is 46.6 Å². The first kappa shape index (κ1) is 15.6. The van der Waals surface area contributed by atoms with Crippen molar-refractivity contribution in [2.45, 2.75) is 35.5 Å². The van der Waals surface area contributed by atoms with Crippen LogP contribution < -0.4 is 5.73 Å². The van der Waals surface area contributed by atoms with Gasteiger partial charge in [-0.25, -0.2) is 4.98 Å². The molecule has 1 aliphatic heterocycles. The monoisotopic (exact) mass is 330 g/mol. The van der Waals surface area contributed by atoms with Gasteiger partial charge in [-0.05, 0) is 32.5 Å². The molecule has 0 aromatic carbocycles. The van der Waals surface area contributed by atoms with E-state index >= 15 is 0 Å². The summed E-state index contributed by atoms with van der Waals surface area (Å²) in [6.45, 7) is 0.873. The van der Waals surface area contributed by atoms with Crippen LogP contribution in [0.3, 0.4) is 0 Å². The second kappa shape index (κ2) is 5.75. The van der Waals surface area contributed by atoms with Crippen LogP contribution in [0, 0.1) is 0 Å². The Morgan fingerprint density at radius 1 is 1.41 bits per heavy atom. The van der Waals surface area contributed by atoms with Gasteiger partial charge in [0.05, 0.1) is 6.20 Å². The van der Waals surface area contributed by atoms with Gasteiger partial charge in [-0.1, -0.05) is 6.07 Å². The number of hydrogen-bond acceptors (Lipinski definition) is 4. The number of thioether (sulfide) groups is 1. The highest BCUT2D eigenvalue weighted by molar-refractivity contribution is 8.00. The predicted octanol–water partition coefficient (Wildman–Crippen LogP) is 3.04. The molecular formula is C14H17F3N4S. The Kier molecular flexibility index (Phi) is 4.09. The molecule has 3 heterocycles. The Morgan fingerprint density at radius 3 is 2.91 bits per heavy atom. The molecule has 0 saturated carbocycles. The molecule has 2 aromatic rings. The largest absolute Gasteiger partial charge is 0.447 e. The molecule has 0 aliphatic carbocycles. The molecule has 0 radical (unpaired) electrons. The van der Waals surface area contributed by atoms with Gasteiger partial charge in [0.25, 0.3) is 0 Å². The van der Waals surface area contributed by atoms with Gasteiger partial charge in [0, 0.05) is 35.6 Å². The highest BCUT2D eigenvalue weighted by Crippen LogP contribution is 2.38. The molecule has 0 amide bonds. The Bertz CT molecular complexity index is 670. The molecule has 2 aromatic heterocycles. The quantitative estimate of drug-likeness (QED) is 0.860. The fourth-order valence-corrected chi connectivity index (χ4v) is 3.53. The first-order valence-corrected chi connectivity index (χ1v) is 7.84. The number of aromatic nitrogens is 2. The second-order valence-corrected chi connectivity index (χ2v) is 6.67. The van der Waals surface area contributed by atoms with Crippen LogP contribution in [0.2, 0.25) is 0 Å². The Labute approximate surface area is 130 Å². The van der Waals surface area contributed by atoms with E-state index in [1.165, 1.54) is 10.6 Å². The first-order valence-electron chi connectivity index (χ1n) is 7.02. The molecule has 2 N–H and O–H groups in total. The van der Waals surface area contributed by atoms with Crippen molar-refractivity contribution in [1.82, 2.24) is 14.3 Å². The normalized spacial score (nSPS) is 24.0. The maximum atomic E-state index is 12.6. The molecule has 22 heavy (non-hydrogen) atoms. The van der Waals surface area contributed by atoms with Crippen molar-refractivity contribution >= 4 is 17.4 Å². The minimum absolute atomic E-state index is 0.0760. The van der Waals surface area contributed by atoms with Crippen molar-refractivity contribution < 1.29 is 13.2 Å². The lowest BCUT2D eigenvalue weighted by molar-refractivity contribution is -0.0329. The molecule has 0 spiro atoms. The molecule has 120 valence electrons. The van der Waals surface area contributed by atoms with Gasteiger partial charge in [0.2, 0.25) is 0 Å². The second-order valence-electron chi connectivity index (χ2n) is 5.58. The zero-order valence-corrected chi connectivity index (χ0v) is 12.9. The fraction of sp³-hybridized carbons (Fsp3) is 0.500. The van der Waals surface area contributed by atoms with Gasteiger partial charge < -0.3 is 5.73 Å². The highest BCUT2D eigenvalue weighted by atomic mass is 32.2. The standard InChI is InChI=1S/C14H17F3N4S/c1-20-6-4-9(18)7-11(20)10-3-2-5-21-12(8-19-13(10)21)22-14(15,16)17/h2-3,5,8-9,11H,4,6-7,18H2,1H3. The molecule has 4 nitrogen and oxygen atoms in total. The number of nitrogens with two attached hydrogens (primary N) is 1. The summed E-state index contributed by atoms with van der Waals surface area (Å²) in [5.41, 5.74) is 3.22. The van der Waals surface area contributed by atoms with Crippen LogP contribution in [0.25, 0.3) is 5.65 Å². The summed E-state index contributed by atoms with van der Waals surface area (Å²) in [6, 6.07) is 3.88. The van der Waals surface area contributed by atoms with Crippen molar-refractivity contribution in [3.8, 4) is 0 Å². The molecule has 1 saturated heterocycles. The maximum absolute atomic E-state index is 12.6. The molecule has 8 heteroatoms. The average Bonchev–Trinajstić information content (AvgIpc) is 2.83. The lowest BCUT2D eigenvalue weighted by Crippen LogP contribution is -2.40. The van der Waals surface area contributed by atoms with Crippen molar-refractivity contribution in [1.29, 1.82) is 0 Å². The Balaban J connectivity index is 2.01. The van der Waals surface area contributed by atoms with Crippen LogP contribution in [-0.2, 0) is 0 Å². The number of hydrogen-bond donors (Lipinski definition) is 1. The molecule has 3 rings (SSSR count). The van der Waals surface area contributed by atoms with Crippen molar-refractivity contribution in [2.75, 3.05) is 13.6 Å². The number of likely N-dealkylation sites (tertiary alicyclic amines) is 1. The number of rotatable bonds is 2. The number of halogens is 3. The van der Waals surface area contributed by atoms with Gasteiger partial charge in [0.1, 0.15) is 10.7 Å². The number of pyridine rings is 1. The third-order valence-electron chi connectivity index (χ3n) is 4.02. The smallest absolute Gasteiger partial charge is 0.328 e. The van der Waals surface area contributed by atoms with Crippen LogP contribution in [0.1, 0.15) is 24.4 Å². The first-order chi connectivity index (χ1) is 10.3. The van der Waals surface area contributed by atoms with E-state index in [9.17, 15) is 13.2 Å². The van der Waals surface area contributed by atoms with Gasteiger partial charge in [-0.3, -0.25) is 9.30 Å². The van der Waals surface area contributed by atoms with Crippen LogP contribution in [0.5, 0.6) is 0 Å². The predicted molar refractivity (Wildman–Crippen MR) is 79.7 cm³/mol. The molecule has 1 fully saturated rings. The van der Waals surface area contributed by atoms with Gasteiger partial charge in [-0.15, -0.1) is 0 Å². The highest BCUT2D eigenvalue weighted by Gasteiger charge is 2.32. The van der Waals surface area contributed by atoms with Crippen LogP contribution >= 0.6 is 11.8 Å². The molecule has 0 bridgehead atoms. The van der Waals surface area contributed by atoms with E-state index in [0.717, 1.165) is 24.9 Å². The van der Waals surface area contributed by atoms with Gasteiger partial charge in [-0.2, -0.15) is 13.2 Å². The van der Waals surface area contributed by atoms with Crippen molar-refractivity contribution in [2.24, 2.45) is 5.73 Å². The van der Waals surface area contributed by atoms with Gasteiger partial charge >= 0.3 is 5.51 Å². The Morgan fingerprint density at radius 2 is 2.18 bits per heavy atom. The minimum atomic E-state index is -4.32. The SMILES string of the molecule is CN1CCC(N)CC1c1cccn2c(SC(F)(F)F)cnc12. The molecule has 2 atom stereocenters. The minimum Gasteiger partial charge on any atom is -0.328 e. The van der Waals surface area contributed by atoms with E-state index in [-0.39, 0.29) is 28.9 Å². The van der Waals surface area contributed by atoms with E-state index in [0.29, 0.717) is 5.65 Å². The lowest BCUT2D eigenvalue weighted by atomic mass is 9.93. The van der Waals surface area contributed by atoms with Crippen LogP contribution in [0.15, 0.2) is 29.6 Å². The van der Waals surface area contributed by atoms with Crippen LogP contribution in [-0.4, -0.2) is 39.4 Å². The summed E-state index contributed by atoms with van der Waals surface area (Å²) >= 11 is -0.144. The summed E-state index contributed by atoms with van der Waals surface area (Å²) in [6.07, 6.45) is 4.60. The summed E-state index contributed by atoms with van der Waals surface area (Å²) in [5, 5.41) is 0.0760. The van der Waals surface area contributed by atoms with Crippen molar-refractivity contribution in [3.05, 3.63) is 30.1 Å². The number of fused-ring (bicyclic) bond motifs is 1. The van der Waals surface area contributed by atoms with E-state index < -0.39 is 5.51 Å². The average molecular weight is 330 g/mol. The maximum Gasteiger partial charge on any atom is 0.447 e. The summed E-state index contributed by atoms with van der Waals surface area (Å²) in [5.74, 6) is 0. The summed E-state index contributed by atoms with van der Waals surface area (Å²) in [4.78, 5) is 6.40. The molecular weight excluding hydrogens is 313 g/mol. The zero-order valence-electron chi connectivity index (χ0n) is 12.0. The lowest BCUT2D eigenvalue weighted by Gasteiger charge is -2.36. The Hall–Kier alpha value is -1.25. The fourth-order valence-electron chi connectivity index (χ4n) is 2.94. The number of alkyl halides is 3. The molecule has 2 unspecified atom stereocenters. The summed E-state index contributed by atoms with van der Waals surface area (Å²) in [7, 11) is 2.01. The third kappa shape index (κ3) is 3.09. The van der Waals surface area contributed by atoms with E-state index in [1.807, 2.05) is 13.1 Å². The zero-order chi connectivity index (χ0) is 15.9. The van der Waals surface area contributed by atoms with Crippen LogP contribution in [0.4, 0.5) is 13.2 Å².